The molecule has 0 radical (unpaired) electrons. The lowest BCUT2D eigenvalue weighted by molar-refractivity contribution is -0.128. The van der Waals surface area contributed by atoms with E-state index in [0.29, 0.717) is 11.3 Å². The van der Waals surface area contributed by atoms with Gasteiger partial charge in [0, 0.05) is 0 Å². The second-order valence-corrected chi connectivity index (χ2v) is 3.65. The summed E-state index contributed by atoms with van der Waals surface area (Å²) in [6, 6.07) is 0. The van der Waals surface area contributed by atoms with Gasteiger partial charge in [-0.25, -0.2) is 0 Å². The number of carbonyl (C=O) groups excluding carboxylic acids is 2. The van der Waals surface area contributed by atoms with Crippen LogP contribution in [0.3, 0.4) is 0 Å². The Balaban J connectivity index is 2.25. The van der Waals surface area contributed by atoms with E-state index in [4.69, 9.17) is 4.74 Å². The van der Waals surface area contributed by atoms with Crippen LogP contribution in [0.5, 0.6) is 0 Å². The Hall–Kier alpha value is -1.58. The Morgan fingerprint density at radius 3 is 3.00 bits per heavy atom. The van der Waals surface area contributed by atoms with Crippen molar-refractivity contribution in [2.75, 3.05) is 0 Å². The summed E-state index contributed by atoms with van der Waals surface area (Å²) in [5.74, 6) is -0.434. The minimum Gasteiger partial charge on any atom is -0.482 e. The van der Waals surface area contributed by atoms with Gasteiger partial charge in [-0.1, -0.05) is 0 Å². The van der Waals surface area contributed by atoms with Crippen LogP contribution in [-0.4, -0.2) is 17.4 Å². The highest BCUT2D eigenvalue weighted by Crippen LogP contribution is 2.47. The normalized spacial score (nSPS) is 39.6. The zero-order valence-electron chi connectivity index (χ0n) is 6.96. The van der Waals surface area contributed by atoms with E-state index in [1.165, 1.54) is 0 Å². The van der Waals surface area contributed by atoms with E-state index in [1.54, 1.807) is 6.08 Å². The topological polar surface area (TPSA) is 55.4 Å². The van der Waals surface area contributed by atoms with Gasteiger partial charge < -0.3 is 4.74 Å². The van der Waals surface area contributed by atoms with E-state index < -0.39 is 11.5 Å². The van der Waals surface area contributed by atoms with E-state index in [2.05, 4.69) is 5.32 Å². The summed E-state index contributed by atoms with van der Waals surface area (Å²) in [5.41, 5.74) is -0.129. The molecule has 3 heterocycles. The van der Waals surface area contributed by atoms with E-state index in [1.807, 2.05) is 13.0 Å². The molecule has 0 aromatic rings. The lowest BCUT2D eigenvalue weighted by Gasteiger charge is -2.21. The van der Waals surface area contributed by atoms with E-state index in [0.717, 1.165) is 0 Å². The number of nitrogens with one attached hydrogen (secondary N) is 1. The first-order chi connectivity index (χ1) is 6.12. The maximum absolute atomic E-state index is 11.4. The number of carbonyl (C=O) groups is 2. The predicted octanol–water partition coefficient (Wildman–Crippen LogP) is -0.128. The lowest BCUT2D eigenvalue weighted by Crippen LogP contribution is -2.36. The van der Waals surface area contributed by atoms with Gasteiger partial charge in [0.1, 0.15) is 17.3 Å². The fourth-order valence-electron chi connectivity index (χ4n) is 2.16. The molecular weight excluding hydrogens is 170 g/mol. The summed E-state index contributed by atoms with van der Waals surface area (Å²) in [6.45, 7) is 1.81. The molecule has 0 aromatic carbocycles. The van der Waals surface area contributed by atoms with Crippen LogP contribution in [0, 0.1) is 5.92 Å². The summed E-state index contributed by atoms with van der Waals surface area (Å²) in [4.78, 5) is 22.7. The maximum atomic E-state index is 11.4. The van der Waals surface area contributed by atoms with Crippen LogP contribution in [0.25, 0.3) is 0 Å². The van der Waals surface area contributed by atoms with Crippen LogP contribution in [-0.2, 0) is 14.3 Å². The fourth-order valence-corrected chi connectivity index (χ4v) is 2.16. The summed E-state index contributed by atoms with van der Waals surface area (Å²) >= 11 is 0. The molecule has 66 valence electrons. The molecule has 2 amide bonds. The third-order valence-electron chi connectivity index (χ3n) is 2.77. The molecule has 4 heteroatoms. The van der Waals surface area contributed by atoms with Gasteiger partial charge in [0.05, 0.1) is 5.57 Å². The summed E-state index contributed by atoms with van der Waals surface area (Å²) in [6.07, 6.45) is 3.58. The number of rotatable bonds is 0. The van der Waals surface area contributed by atoms with Crippen molar-refractivity contribution in [3.05, 3.63) is 23.5 Å². The smallest absolute Gasteiger partial charge is 0.258 e. The van der Waals surface area contributed by atoms with E-state index >= 15 is 0 Å². The van der Waals surface area contributed by atoms with Gasteiger partial charge in [-0.05, 0) is 19.1 Å². The number of hydrogen-bond donors (Lipinski definition) is 1. The molecule has 4 nitrogen and oxygen atoms in total. The molecule has 1 fully saturated rings. The Morgan fingerprint density at radius 2 is 2.31 bits per heavy atom. The summed E-state index contributed by atoms with van der Waals surface area (Å²) in [5, 5.41) is 2.29. The van der Waals surface area contributed by atoms with Gasteiger partial charge in [-0.2, -0.15) is 0 Å². The number of ether oxygens (including phenoxy) is 1. The average molecular weight is 177 g/mol. The Bertz CT molecular complexity index is 407. The van der Waals surface area contributed by atoms with Crippen LogP contribution >= 0.6 is 0 Å². The number of amides is 2. The van der Waals surface area contributed by atoms with Crippen LogP contribution in [0.2, 0.25) is 0 Å². The standard InChI is InChI=1S/C9H7NO3/c1-9-3-2-4(13-9)5-6(9)8(12)10-7(5)11/h2-3,6H,1H3,(H,10,11,12). The molecule has 3 aliphatic heterocycles. The highest BCUT2D eigenvalue weighted by atomic mass is 16.5. The molecule has 0 spiro atoms. The van der Waals surface area contributed by atoms with Gasteiger partial charge in [0.25, 0.3) is 5.91 Å². The maximum Gasteiger partial charge on any atom is 0.258 e. The molecule has 2 bridgehead atoms. The lowest BCUT2D eigenvalue weighted by atomic mass is 9.84. The van der Waals surface area contributed by atoms with Gasteiger partial charge in [0.2, 0.25) is 5.91 Å². The van der Waals surface area contributed by atoms with Gasteiger partial charge in [0.15, 0.2) is 0 Å². The quantitative estimate of drug-likeness (QED) is 0.524. The Labute approximate surface area is 74.2 Å². The number of fused-ring (bicyclic) bond motifs is 4. The molecule has 3 rings (SSSR count). The largest absolute Gasteiger partial charge is 0.482 e. The van der Waals surface area contributed by atoms with Crippen molar-refractivity contribution in [3.63, 3.8) is 0 Å². The zero-order valence-corrected chi connectivity index (χ0v) is 6.96. The zero-order chi connectivity index (χ0) is 9.22. The van der Waals surface area contributed by atoms with E-state index in [-0.39, 0.29) is 11.8 Å². The van der Waals surface area contributed by atoms with Crippen molar-refractivity contribution in [2.24, 2.45) is 5.92 Å². The molecule has 1 N–H and O–H groups in total. The molecule has 0 saturated carbocycles. The molecule has 2 unspecified atom stereocenters. The first-order valence-corrected chi connectivity index (χ1v) is 4.09. The van der Waals surface area contributed by atoms with Crippen LogP contribution in [0.4, 0.5) is 0 Å². The number of hydrogen-bond acceptors (Lipinski definition) is 3. The summed E-state index contributed by atoms with van der Waals surface area (Å²) < 4.78 is 5.45. The monoisotopic (exact) mass is 177 g/mol. The average Bonchev–Trinajstić information content (AvgIpc) is 2.62. The second kappa shape index (κ2) is 1.69. The van der Waals surface area contributed by atoms with Gasteiger partial charge in [-0.15, -0.1) is 0 Å². The van der Waals surface area contributed by atoms with Crippen LogP contribution in [0.15, 0.2) is 23.5 Å². The van der Waals surface area contributed by atoms with Crippen molar-refractivity contribution in [1.82, 2.24) is 5.32 Å². The predicted molar refractivity (Wildman–Crippen MR) is 42.3 cm³/mol. The minimum absolute atomic E-state index is 0.248. The highest BCUT2D eigenvalue weighted by Gasteiger charge is 2.57. The molecule has 0 aliphatic carbocycles. The first-order valence-electron chi connectivity index (χ1n) is 4.09. The first kappa shape index (κ1) is 6.88. The van der Waals surface area contributed by atoms with Gasteiger partial charge >= 0.3 is 0 Å². The molecule has 13 heavy (non-hydrogen) atoms. The highest BCUT2D eigenvalue weighted by molar-refractivity contribution is 6.17. The molecule has 0 aromatic heterocycles. The van der Waals surface area contributed by atoms with Crippen LogP contribution < -0.4 is 5.32 Å². The van der Waals surface area contributed by atoms with Crippen molar-refractivity contribution < 1.29 is 14.3 Å². The molecule has 3 aliphatic rings. The Kier molecular flexibility index (Phi) is 0.893. The third kappa shape index (κ3) is 0.589. The van der Waals surface area contributed by atoms with Crippen molar-refractivity contribution >= 4 is 11.8 Å². The molecular formula is C9H7NO3. The fraction of sp³-hybridized carbons (Fsp3) is 0.333. The number of imide groups is 1. The van der Waals surface area contributed by atoms with Crippen molar-refractivity contribution in [3.8, 4) is 0 Å². The third-order valence-corrected chi connectivity index (χ3v) is 2.77. The molecule has 1 saturated heterocycles. The second-order valence-electron chi connectivity index (χ2n) is 3.65. The van der Waals surface area contributed by atoms with Crippen molar-refractivity contribution in [1.29, 1.82) is 0 Å². The Morgan fingerprint density at radius 1 is 1.54 bits per heavy atom. The van der Waals surface area contributed by atoms with Crippen molar-refractivity contribution in [2.45, 2.75) is 12.5 Å². The minimum atomic E-state index is -0.624. The summed E-state index contributed by atoms with van der Waals surface area (Å²) in [7, 11) is 0. The van der Waals surface area contributed by atoms with E-state index in [9.17, 15) is 9.59 Å². The molecule has 2 atom stereocenters. The van der Waals surface area contributed by atoms with Crippen LogP contribution in [0.1, 0.15) is 6.92 Å². The van der Waals surface area contributed by atoms with Gasteiger partial charge in [-0.3, -0.25) is 14.9 Å². The number of allylic oxidation sites excluding steroid dienone is 1. The SMILES string of the molecule is CC12C=CC(=C3C(=O)NC(=O)C31)O2.